The van der Waals surface area contributed by atoms with Gasteiger partial charge in [-0.15, -0.1) is 0 Å². The number of nitrogens with one attached hydrogen (secondary N) is 2. The third-order valence-electron chi connectivity index (χ3n) is 4.21. The third kappa shape index (κ3) is 6.09. The summed E-state index contributed by atoms with van der Waals surface area (Å²) < 4.78 is 11.7. The van der Waals surface area contributed by atoms with E-state index < -0.39 is 0 Å². The average molecular weight is 363 g/mol. The first-order valence-electron chi connectivity index (χ1n) is 9.65. The number of fused-ring (bicyclic) bond motifs is 1. The summed E-state index contributed by atoms with van der Waals surface area (Å²) in [6.07, 6.45) is 2.25. The number of benzene rings is 1. The summed E-state index contributed by atoms with van der Waals surface area (Å²) in [5, 5.41) is 6.70. The predicted octanol–water partition coefficient (Wildman–Crippen LogP) is 2.42. The molecule has 0 saturated heterocycles. The lowest BCUT2D eigenvalue weighted by Gasteiger charge is -2.14. The molecule has 0 aliphatic carbocycles. The molecule has 0 fully saturated rings. The summed E-state index contributed by atoms with van der Waals surface area (Å²) in [5.74, 6) is 2.72. The van der Waals surface area contributed by atoms with E-state index >= 15 is 0 Å². The third-order valence-corrected chi connectivity index (χ3v) is 4.21. The minimum Gasteiger partial charge on any atom is -0.494 e. The quantitative estimate of drug-likeness (QED) is 0.401. The van der Waals surface area contributed by atoms with E-state index in [2.05, 4.69) is 55.6 Å². The SMILES string of the molecule is CCNC(=NCc1cc2c(cc1OCC)CC(C)O2)NCCCN(C)C. The molecule has 6 nitrogen and oxygen atoms in total. The molecule has 6 heteroatoms. The van der Waals surface area contributed by atoms with Crippen molar-refractivity contribution < 1.29 is 9.47 Å². The molecule has 0 aromatic heterocycles. The van der Waals surface area contributed by atoms with Crippen LogP contribution in [0.5, 0.6) is 11.5 Å². The summed E-state index contributed by atoms with van der Waals surface area (Å²) >= 11 is 0. The van der Waals surface area contributed by atoms with Crippen LogP contribution in [0.2, 0.25) is 0 Å². The second-order valence-corrected chi connectivity index (χ2v) is 6.91. The zero-order chi connectivity index (χ0) is 18.9. The van der Waals surface area contributed by atoms with Gasteiger partial charge in [-0.2, -0.15) is 0 Å². The van der Waals surface area contributed by atoms with Crippen LogP contribution in [0.25, 0.3) is 0 Å². The van der Waals surface area contributed by atoms with Crippen molar-refractivity contribution in [3.63, 3.8) is 0 Å². The minimum atomic E-state index is 0.230. The topological polar surface area (TPSA) is 58.1 Å². The van der Waals surface area contributed by atoms with E-state index in [9.17, 15) is 0 Å². The fraction of sp³-hybridized carbons (Fsp3) is 0.650. The molecule has 26 heavy (non-hydrogen) atoms. The maximum absolute atomic E-state index is 5.90. The molecule has 1 aliphatic rings. The number of hydrogen-bond donors (Lipinski definition) is 2. The second kappa shape index (κ2) is 10.3. The van der Waals surface area contributed by atoms with E-state index in [-0.39, 0.29) is 6.10 Å². The van der Waals surface area contributed by atoms with Gasteiger partial charge >= 0.3 is 0 Å². The van der Waals surface area contributed by atoms with Crippen LogP contribution in [0.3, 0.4) is 0 Å². The van der Waals surface area contributed by atoms with E-state index in [1.54, 1.807) is 0 Å². The summed E-state index contributed by atoms with van der Waals surface area (Å²) in [6.45, 7) is 10.2. The van der Waals surface area contributed by atoms with Gasteiger partial charge in [-0.25, -0.2) is 4.99 Å². The van der Waals surface area contributed by atoms with E-state index in [1.165, 1.54) is 5.56 Å². The molecule has 0 amide bonds. The first-order valence-corrected chi connectivity index (χ1v) is 9.65. The van der Waals surface area contributed by atoms with Crippen molar-refractivity contribution in [3.05, 3.63) is 23.3 Å². The van der Waals surface area contributed by atoms with Crippen LogP contribution in [0.1, 0.15) is 38.3 Å². The summed E-state index contributed by atoms with van der Waals surface area (Å²) in [6, 6.07) is 4.20. The zero-order valence-corrected chi connectivity index (χ0v) is 16.9. The second-order valence-electron chi connectivity index (χ2n) is 6.91. The lowest BCUT2D eigenvalue weighted by atomic mass is 10.1. The van der Waals surface area contributed by atoms with Crippen molar-refractivity contribution >= 4 is 5.96 Å². The number of rotatable bonds is 9. The Hall–Kier alpha value is -1.95. The maximum atomic E-state index is 5.90. The van der Waals surface area contributed by atoms with E-state index in [0.717, 1.165) is 55.5 Å². The van der Waals surface area contributed by atoms with Crippen LogP contribution in [-0.4, -0.2) is 57.3 Å². The highest BCUT2D eigenvalue weighted by Gasteiger charge is 2.21. The van der Waals surface area contributed by atoms with Crippen LogP contribution in [0.4, 0.5) is 0 Å². The molecule has 1 aromatic carbocycles. The van der Waals surface area contributed by atoms with Crippen LogP contribution in [0.15, 0.2) is 17.1 Å². The van der Waals surface area contributed by atoms with Gasteiger partial charge in [-0.05, 0) is 60.0 Å². The van der Waals surface area contributed by atoms with Crippen molar-refractivity contribution in [2.75, 3.05) is 40.3 Å². The smallest absolute Gasteiger partial charge is 0.191 e. The van der Waals surface area contributed by atoms with Gasteiger partial charge in [0.15, 0.2) is 5.96 Å². The monoisotopic (exact) mass is 362 g/mol. The summed E-state index contributed by atoms with van der Waals surface area (Å²) in [4.78, 5) is 6.92. The number of aliphatic imine (C=N–C) groups is 1. The lowest BCUT2D eigenvalue weighted by molar-refractivity contribution is 0.254. The first-order chi connectivity index (χ1) is 12.5. The van der Waals surface area contributed by atoms with Crippen molar-refractivity contribution in [1.82, 2.24) is 15.5 Å². The Morgan fingerprint density at radius 3 is 2.81 bits per heavy atom. The maximum Gasteiger partial charge on any atom is 0.191 e. The molecular weight excluding hydrogens is 328 g/mol. The first kappa shape index (κ1) is 20.4. The Morgan fingerprint density at radius 2 is 2.12 bits per heavy atom. The highest BCUT2D eigenvalue weighted by molar-refractivity contribution is 5.79. The molecule has 0 bridgehead atoms. The molecule has 146 valence electrons. The minimum absolute atomic E-state index is 0.230. The Kier molecular flexibility index (Phi) is 8.04. The van der Waals surface area contributed by atoms with Crippen molar-refractivity contribution in [2.45, 2.75) is 46.3 Å². The fourth-order valence-corrected chi connectivity index (χ4v) is 3.00. The fourth-order valence-electron chi connectivity index (χ4n) is 3.00. The lowest BCUT2D eigenvalue weighted by Crippen LogP contribution is -2.38. The van der Waals surface area contributed by atoms with Crippen molar-refractivity contribution in [2.24, 2.45) is 4.99 Å². The van der Waals surface area contributed by atoms with Crippen LogP contribution in [-0.2, 0) is 13.0 Å². The zero-order valence-electron chi connectivity index (χ0n) is 16.9. The number of nitrogens with zero attached hydrogens (tertiary/aromatic N) is 2. The van der Waals surface area contributed by atoms with Crippen molar-refractivity contribution in [1.29, 1.82) is 0 Å². The molecule has 0 saturated carbocycles. The van der Waals surface area contributed by atoms with Crippen LogP contribution < -0.4 is 20.1 Å². The molecule has 1 unspecified atom stereocenters. The van der Waals surface area contributed by atoms with Gasteiger partial charge in [0.25, 0.3) is 0 Å². The highest BCUT2D eigenvalue weighted by Crippen LogP contribution is 2.35. The van der Waals surface area contributed by atoms with Gasteiger partial charge in [0, 0.05) is 30.6 Å². The molecule has 2 N–H and O–H groups in total. The molecule has 1 aromatic rings. The predicted molar refractivity (Wildman–Crippen MR) is 107 cm³/mol. The molecule has 1 heterocycles. The van der Waals surface area contributed by atoms with Crippen molar-refractivity contribution in [3.8, 4) is 11.5 Å². The normalized spacial score (nSPS) is 16.4. The molecule has 0 radical (unpaired) electrons. The van der Waals surface area contributed by atoms with E-state index in [0.29, 0.717) is 13.2 Å². The van der Waals surface area contributed by atoms with Gasteiger partial charge in [0.1, 0.15) is 17.6 Å². The standard InChI is InChI=1S/C20H34N4O2/c1-6-21-20(22-9-8-10-24(4)5)23-14-17-13-19-16(11-15(3)26-19)12-18(17)25-7-2/h12-13,15H,6-11,14H2,1-5H3,(H2,21,22,23). The molecule has 1 atom stereocenters. The summed E-state index contributed by atoms with van der Waals surface area (Å²) in [7, 11) is 4.18. The van der Waals surface area contributed by atoms with Gasteiger partial charge in [0.05, 0.1) is 13.2 Å². The van der Waals surface area contributed by atoms with Gasteiger partial charge < -0.3 is 25.0 Å². The Bertz CT molecular complexity index is 602. The molecule has 1 aliphatic heterocycles. The van der Waals surface area contributed by atoms with Gasteiger partial charge in [-0.3, -0.25) is 0 Å². The van der Waals surface area contributed by atoms with Crippen LogP contribution in [0, 0.1) is 0 Å². The number of guanidine groups is 1. The highest BCUT2D eigenvalue weighted by atomic mass is 16.5. The molecule has 0 spiro atoms. The van der Waals surface area contributed by atoms with E-state index in [1.807, 2.05) is 6.92 Å². The molecule has 2 rings (SSSR count). The van der Waals surface area contributed by atoms with Gasteiger partial charge in [-0.1, -0.05) is 0 Å². The Balaban J connectivity index is 2.06. The number of ether oxygens (including phenoxy) is 2. The van der Waals surface area contributed by atoms with E-state index in [4.69, 9.17) is 14.5 Å². The average Bonchev–Trinajstić information content (AvgIpc) is 2.95. The Labute approximate surface area is 158 Å². The number of hydrogen-bond acceptors (Lipinski definition) is 4. The molecular formula is C20H34N4O2. The Morgan fingerprint density at radius 1 is 1.31 bits per heavy atom. The van der Waals surface area contributed by atoms with Crippen LogP contribution >= 0.6 is 0 Å². The summed E-state index contributed by atoms with van der Waals surface area (Å²) in [5.41, 5.74) is 2.28. The van der Waals surface area contributed by atoms with Gasteiger partial charge in [0.2, 0.25) is 0 Å². The largest absolute Gasteiger partial charge is 0.494 e.